The van der Waals surface area contributed by atoms with E-state index in [1.165, 1.54) is 5.56 Å². The van der Waals surface area contributed by atoms with Crippen molar-refractivity contribution >= 4 is 17.4 Å². The monoisotopic (exact) mass is 390 g/mol. The fourth-order valence-corrected chi connectivity index (χ4v) is 4.73. The molecule has 5 rings (SSSR count). The molecule has 1 amide bonds. The maximum absolute atomic E-state index is 12.9. The summed E-state index contributed by atoms with van der Waals surface area (Å²) in [6.45, 7) is 4.60. The number of piperazine rings is 1. The van der Waals surface area contributed by atoms with Crippen LogP contribution < -0.4 is 4.90 Å². The van der Waals surface area contributed by atoms with Crippen LogP contribution in [-0.4, -0.2) is 56.1 Å². The van der Waals surface area contributed by atoms with Crippen LogP contribution in [0.25, 0.3) is 5.65 Å². The molecule has 150 valence electrons. The highest BCUT2D eigenvalue weighted by molar-refractivity contribution is 5.82. The molecule has 2 fully saturated rings. The van der Waals surface area contributed by atoms with Crippen molar-refractivity contribution in [3.63, 3.8) is 0 Å². The topological polar surface area (TPSA) is 66.6 Å². The lowest BCUT2D eigenvalue weighted by Gasteiger charge is -2.38. The van der Waals surface area contributed by atoms with Crippen LogP contribution in [0.2, 0.25) is 0 Å². The lowest BCUT2D eigenvalue weighted by atomic mass is 9.97. The summed E-state index contributed by atoms with van der Waals surface area (Å²) >= 11 is 0. The molecule has 0 N–H and O–H groups in total. The first-order valence-corrected chi connectivity index (χ1v) is 10.4. The quantitative estimate of drug-likeness (QED) is 0.670. The average Bonchev–Trinajstić information content (AvgIpc) is 3.34. The van der Waals surface area contributed by atoms with E-state index in [9.17, 15) is 4.79 Å². The molecule has 29 heavy (non-hydrogen) atoms. The van der Waals surface area contributed by atoms with Gasteiger partial charge in [0.05, 0.1) is 6.04 Å². The molecule has 3 aromatic heterocycles. The number of nitrogens with zero attached hydrogens (tertiary/aromatic N) is 6. The third kappa shape index (κ3) is 3.45. The first-order valence-electron chi connectivity index (χ1n) is 10.4. The van der Waals surface area contributed by atoms with Crippen LogP contribution in [0.1, 0.15) is 30.5 Å². The molecule has 7 nitrogen and oxygen atoms in total. The average molecular weight is 390 g/mol. The molecular weight excluding hydrogens is 364 g/mol. The zero-order valence-electron chi connectivity index (χ0n) is 16.7. The van der Waals surface area contributed by atoms with E-state index in [-0.39, 0.29) is 5.92 Å². The molecule has 2 aliphatic rings. The molecule has 2 atom stereocenters. The highest BCUT2D eigenvalue weighted by atomic mass is 16.2. The van der Waals surface area contributed by atoms with Gasteiger partial charge in [-0.25, -0.2) is 14.5 Å². The third-order valence-electron chi connectivity index (χ3n) is 6.26. The Labute approximate surface area is 170 Å². The molecule has 0 aromatic carbocycles. The van der Waals surface area contributed by atoms with Crippen LogP contribution in [0.4, 0.5) is 5.82 Å². The Bertz CT molecular complexity index is 1010. The summed E-state index contributed by atoms with van der Waals surface area (Å²) in [5.74, 6) is 1.50. The van der Waals surface area contributed by atoms with Crippen LogP contribution >= 0.6 is 0 Å². The lowest BCUT2D eigenvalue weighted by Crippen LogP contribution is -2.51. The van der Waals surface area contributed by atoms with Gasteiger partial charge in [0.2, 0.25) is 5.91 Å². The Morgan fingerprint density at radius 1 is 1.14 bits per heavy atom. The van der Waals surface area contributed by atoms with Crippen LogP contribution in [0.5, 0.6) is 0 Å². The van der Waals surface area contributed by atoms with Gasteiger partial charge in [0.1, 0.15) is 12.1 Å². The second-order valence-electron chi connectivity index (χ2n) is 8.20. The van der Waals surface area contributed by atoms with Gasteiger partial charge in [-0.15, -0.1) is 0 Å². The number of pyridine rings is 2. The Hall–Kier alpha value is -2.96. The van der Waals surface area contributed by atoms with Crippen molar-refractivity contribution in [2.45, 2.75) is 38.6 Å². The van der Waals surface area contributed by atoms with Crippen LogP contribution in [0.15, 0.2) is 42.9 Å². The minimum Gasteiger partial charge on any atom is -0.353 e. The number of amides is 1. The summed E-state index contributed by atoms with van der Waals surface area (Å²) < 4.78 is 1.90. The third-order valence-corrected chi connectivity index (χ3v) is 6.26. The molecule has 0 spiro atoms. The molecule has 3 aromatic rings. The minimum absolute atomic E-state index is 0.140. The highest BCUT2D eigenvalue weighted by Crippen LogP contribution is 2.32. The SMILES string of the molecule is Cc1ccc(N2CCN3C(=O)[C@@H](CCCc4cccc5ncnn45)C[C@H]3C2)nc1. The number of aromatic nitrogens is 4. The van der Waals surface area contributed by atoms with E-state index in [0.29, 0.717) is 11.9 Å². The summed E-state index contributed by atoms with van der Waals surface area (Å²) in [5.41, 5.74) is 3.20. The lowest BCUT2D eigenvalue weighted by molar-refractivity contribution is -0.132. The van der Waals surface area contributed by atoms with Gasteiger partial charge in [-0.05, 0) is 56.4 Å². The molecule has 2 aliphatic heterocycles. The van der Waals surface area contributed by atoms with E-state index < -0.39 is 0 Å². The van der Waals surface area contributed by atoms with Gasteiger partial charge >= 0.3 is 0 Å². The first-order chi connectivity index (χ1) is 14.2. The predicted octanol–water partition coefficient (Wildman–Crippen LogP) is 2.49. The van der Waals surface area contributed by atoms with Gasteiger partial charge in [0.25, 0.3) is 0 Å². The van der Waals surface area contributed by atoms with E-state index in [4.69, 9.17) is 0 Å². The molecule has 2 saturated heterocycles. The predicted molar refractivity (Wildman–Crippen MR) is 111 cm³/mol. The van der Waals surface area contributed by atoms with E-state index in [1.54, 1.807) is 6.33 Å². The Balaban J connectivity index is 1.19. The fourth-order valence-electron chi connectivity index (χ4n) is 4.73. The Morgan fingerprint density at radius 3 is 2.93 bits per heavy atom. The van der Waals surface area contributed by atoms with Crippen molar-refractivity contribution in [2.75, 3.05) is 24.5 Å². The minimum atomic E-state index is 0.140. The zero-order valence-corrected chi connectivity index (χ0v) is 16.7. The number of rotatable bonds is 5. The second-order valence-corrected chi connectivity index (χ2v) is 8.20. The standard InChI is InChI=1S/C22H26N6O/c1-16-8-9-20(23-13-16)26-10-11-27-19(14-26)12-17(22(27)29)4-2-5-18-6-3-7-21-24-15-25-28(18)21/h3,6-9,13,15,17,19H,2,4-5,10-12,14H2,1H3/t17-,19-/m0/s1. The van der Waals surface area contributed by atoms with Crippen LogP contribution in [0, 0.1) is 12.8 Å². The Kier molecular flexibility index (Phi) is 4.66. The summed E-state index contributed by atoms with van der Waals surface area (Å²) in [7, 11) is 0. The van der Waals surface area contributed by atoms with Gasteiger partial charge < -0.3 is 9.80 Å². The van der Waals surface area contributed by atoms with Crippen molar-refractivity contribution in [2.24, 2.45) is 5.92 Å². The van der Waals surface area contributed by atoms with Crippen molar-refractivity contribution in [1.29, 1.82) is 0 Å². The van der Waals surface area contributed by atoms with Crippen molar-refractivity contribution in [3.05, 3.63) is 54.1 Å². The Morgan fingerprint density at radius 2 is 2.07 bits per heavy atom. The molecule has 0 saturated carbocycles. The fraction of sp³-hybridized carbons (Fsp3) is 0.455. The van der Waals surface area contributed by atoms with E-state index in [1.807, 2.05) is 22.8 Å². The maximum Gasteiger partial charge on any atom is 0.226 e. The van der Waals surface area contributed by atoms with E-state index >= 15 is 0 Å². The van der Waals surface area contributed by atoms with E-state index in [0.717, 1.165) is 62.5 Å². The van der Waals surface area contributed by atoms with Crippen molar-refractivity contribution in [3.8, 4) is 0 Å². The number of aryl methyl sites for hydroxylation is 2. The van der Waals surface area contributed by atoms with Crippen molar-refractivity contribution < 1.29 is 4.79 Å². The van der Waals surface area contributed by atoms with Gasteiger partial charge in [0, 0.05) is 37.4 Å². The molecule has 0 aliphatic carbocycles. The van der Waals surface area contributed by atoms with Crippen LogP contribution in [-0.2, 0) is 11.2 Å². The number of fused-ring (bicyclic) bond motifs is 2. The normalized spacial score (nSPS) is 21.8. The summed E-state index contributed by atoms with van der Waals surface area (Å²) in [5, 5.41) is 4.30. The number of anilines is 1. The molecule has 7 heteroatoms. The number of hydrogen-bond acceptors (Lipinski definition) is 5. The van der Waals surface area contributed by atoms with Gasteiger partial charge in [-0.2, -0.15) is 5.10 Å². The summed E-state index contributed by atoms with van der Waals surface area (Å²) in [6, 6.07) is 10.6. The number of carbonyl (C=O) groups is 1. The van der Waals surface area contributed by atoms with Gasteiger partial charge in [-0.3, -0.25) is 4.79 Å². The largest absolute Gasteiger partial charge is 0.353 e. The second kappa shape index (κ2) is 7.46. The maximum atomic E-state index is 12.9. The van der Waals surface area contributed by atoms with Gasteiger partial charge in [-0.1, -0.05) is 12.1 Å². The van der Waals surface area contributed by atoms with Crippen LogP contribution in [0.3, 0.4) is 0 Å². The summed E-state index contributed by atoms with van der Waals surface area (Å²) in [6.07, 6.45) is 7.29. The van der Waals surface area contributed by atoms with Crippen molar-refractivity contribution in [1.82, 2.24) is 24.5 Å². The molecule has 0 bridgehead atoms. The zero-order chi connectivity index (χ0) is 19.8. The molecule has 0 unspecified atom stereocenters. The number of carbonyl (C=O) groups excluding carboxylic acids is 1. The molecule has 5 heterocycles. The smallest absolute Gasteiger partial charge is 0.226 e. The van der Waals surface area contributed by atoms with Gasteiger partial charge in [0.15, 0.2) is 5.65 Å². The molecule has 0 radical (unpaired) electrons. The molecular formula is C22H26N6O. The number of hydrogen-bond donors (Lipinski definition) is 0. The summed E-state index contributed by atoms with van der Waals surface area (Å²) in [4.78, 5) is 26.1. The highest BCUT2D eigenvalue weighted by Gasteiger charge is 2.42. The first kappa shape index (κ1) is 18.1. The van der Waals surface area contributed by atoms with E-state index in [2.05, 4.69) is 50.0 Å².